The molecule has 0 aliphatic heterocycles. The minimum atomic E-state index is -1.44. The van der Waals surface area contributed by atoms with E-state index < -0.39 is 18.2 Å². The van der Waals surface area contributed by atoms with E-state index in [2.05, 4.69) is 0 Å². The average Bonchev–Trinajstić information content (AvgIpc) is 2.52. The van der Waals surface area contributed by atoms with Crippen molar-refractivity contribution in [3.05, 3.63) is 23.3 Å². The number of carbonyl (C=O) groups is 2. The Hall–Kier alpha value is -2.12. The minimum Gasteiger partial charge on any atom is -0.493 e. The number of esters is 1. The molecular formula is C15H20O7. The van der Waals surface area contributed by atoms with Crippen LogP contribution in [0.1, 0.15) is 35.4 Å². The number of carbonyl (C=O) groups excluding carboxylic acids is 2. The SMILES string of the molecule is CCOC(=O)CC(O)C(O)c1cc(C=O)cc(OC)c1OC. The van der Waals surface area contributed by atoms with Crippen LogP contribution in [-0.2, 0) is 9.53 Å². The number of hydrogen-bond acceptors (Lipinski definition) is 7. The van der Waals surface area contributed by atoms with Crippen LogP contribution in [0.3, 0.4) is 0 Å². The number of aliphatic hydroxyl groups excluding tert-OH is 2. The van der Waals surface area contributed by atoms with Crippen LogP contribution in [0.4, 0.5) is 0 Å². The van der Waals surface area contributed by atoms with Gasteiger partial charge in [0.15, 0.2) is 11.5 Å². The smallest absolute Gasteiger partial charge is 0.308 e. The molecule has 22 heavy (non-hydrogen) atoms. The number of aldehydes is 1. The third-order valence-electron chi connectivity index (χ3n) is 3.03. The van der Waals surface area contributed by atoms with E-state index in [-0.39, 0.29) is 35.7 Å². The first kappa shape index (κ1) is 17.9. The molecule has 7 nitrogen and oxygen atoms in total. The zero-order valence-electron chi connectivity index (χ0n) is 12.7. The molecule has 0 saturated heterocycles. The van der Waals surface area contributed by atoms with Gasteiger partial charge in [-0.25, -0.2) is 0 Å². The second-order valence-corrected chi connectivity index (χ2v) is 4.48. The van der Waals surface area contributed by atoms with E-state index in [0.717, 1.165) is 0 Å². The van der Waals surface area contributed by atoms with Gasteiger partial charge in [-0.15, -0.1) is 0 Å². The van der Waals surface area contributed by atoms with Crippen molar-refractivity contribution in [2.45, 2.75) is 25.6 Å². The lowest BCUT2D eigenvalue weighted by Gasteiger charge is -2.21. The Morgan fingerprint density at radius 3 is 2.45 bits per heavy atom. The van der Waals surface area contributed by atoms with Crippen LogP contribution >= 0.6 is 0 Å². The normalized spacial score (nSPS) is 13.1. The van der Waals surface area contributed by atoms with E-state index in [1.165, 1.54) is 26.4 Å². The summed E-state index contributed by atoms with van der Waals surface area (Å²) in [6.45, 7) is 1.82. The van der Waals surface area contributed by atoms with Crippen molar-refractivity contribution in [2.24, 2.45) is 0 Å². The van der Waals surface area contributed by atoms with E-state index in [1.54, 1.807) is 6.92 Å². The van der Waals surface area contributed by atoms with E-state index in [9.17, 15) is 19.8 Å². The first-order chi connectivity index (χ1) is 10.5. The standard InChI is InChI=1S/C15H20O7/c1-4-22-13(18)7-11(17)14(19)10-5-9(8-16)6-12(20-2)15(10)21-3/h5-6,8,11,14,17,19H,4,7H2,1-3H3. The van der Waals surface area contributed by atoms with Gasteiger partial charge < -0.3 is 24.4 Å². The third kappa shape index (κ3) is 4.19. The van der Waals surface area contributed by atoms with Crippen LogP contribution in [0.15, 0.2) is 12.1 Å². The lowest BCUT2D eigenvalue weighted by molar-refractivity contribution is -0.147. The Bertz CT molecular complexity index is 527. The second kappa shape index (κ2) is 8.35. The molecule has 2 unspecified atom stereocenters. The minimum absolute atomic E-state index is 0.153. The van der Waals surface area contributed by atoms with Gasteiger partial charge >= 0.3 is 5.97 Å². The monoisotopic (exact) mass is 312 g/mol. The van der Waals surface area contributed by atoms with E-state index in [1.807, 2.05) is 0 Å². The predicted molar refractivity (Wildman–Crippen MR) is 77.2 cm³/mol. The summed E-state index contributed by atoms with van der Waals surface area (Å²) >= 11 is 0. The molecule has 0 bridgehead atoms. The molecule has 0 spiro atoms. The molecular weight excluding hydrogens is 292 g/mol. The molecule has 1 rings (SSSR count). The summed E-state index contributed by atoms with van der Waals surface area (Å²) in [4.78, 5) is 22.4. The summed E-state index contributed by atoms with van der Waals surface area (Å²) in [6, 6.07) is 2.81. The molecule has 0 aromatic heterocycles. The Morgan fingerprint density at radius 1 is 1.27 bits per heavy atom. The van der Waals surface area contributed by atoms with Gasteiger partial charge in [-0.05, 0) is 19.1 Å². The Balaban J connectivity index is 3.12. The number of benzene rings is 1. The highest BCUT2D eigenvalue weighted by molar-refractivity contribution is 5.77. The maximum atomic E-state index is 11.4. The molecule has 0 amide bonds. The van der Waals surface area contributed by atoms with E-state index >= 15 is 0 Å². The van der Waals surface area contributed by atoms with Crippen LogP contribution in [0.2, 0.25) is 0 Å². The van der Waals surface area contributed by atoms with Gasteiger partial charge in [-0.2, -0.15) is 0 Å². The topological polar surface area (TPSA) is 102 Å². The zero-order chi connectivity index (χ0) is 16.7. The van der Waals surface area contributed by atoms with Crippen molar-refractivity contribution in [1.82, 2.24) is 0 Å². The maximum absolute atomic E-state index is 11.4. The second-order valence-electron chi connectivity index (χ2n) is 4.48. The molecule has 0 radical (unpaired) electrons. The first-order valence-corrected chi connectivity index (χ1v) is 6.71. The molecule has 0 heterocycles. The molecule has 122 valence electrons. The highest BCUT2D eigenvalue weighted by atomic mass is 16.5. The first-order valence-electron chi connectivity index (χ1n) is 6.71. The van der Waals surface area contributed by atoms with Gasteiger partial charge in [0.05, 0.1) is 33.4 Å². The summed E-state index contributed by atoms with van der Waals surface area (Å²) in [5, 5.41) is 20.2. The van der Waals surface area contributed by atoms with Crippen molar-refractivity contribution in [1.29, 1.82) is 0 Å². The summed E-state index contributed by atoms with van der Waals surface area (Å²) in [5.41, 5.74) is 0.399. The Kier molecular flexibility index (Phi) is 6.81. The molecule has 0 saturated carbocycles. The van der Waals surface area contributed by atoms with Crippen LogP contribution in [0.25, 0.3) is 0 Å². The van der Waals surface area contributed by atoms with Gasteiger partial charge in [0.25, 0.3) is 0 Å². The molecule has 1 aromatic carbocycles. The highest BCUT2D eigenvalue weighted by Gasteiger charge is 2.27. The quantitative estimate of drug-likeness (QED) is 0.542. The number of rotatable bonds is 8. The van der Waals surface area contributed by atoms with Crippen molar-refractivity contribution in [3.63, 3.8) is 0 Å². The molecule has 7 heteroatoms. The average molecular weight is 312 g/mol. The molecule has 0 aliphatic rings. The third-order valence-corrected chi connectivity index (χ3v) is 3.03. The molecule has 0 fully saturated rings. The number of hydrogen-bond donors (Lipinski definition) is 2. The summed E-state index contributed by atoms with van der Waals surface area (Å²) in [5.74, 6) is -0.209. The number of methoxy groups -OCH3 is 2. The van der Waals surface area contributed by atoms with Crippen molar-refractivity contribution in [2.75, 3.05) is 20.8 Å². The largest absolute Gasteiger partial charge is 0.493 e. The fraction of sp³-hybridized carbons (Fsp3) is 0.467. The Morgan fingerprint density at radius 2 is 1.95 bits per heavy atom. The van der Waals surface area contributed by atoms with Crippen molar-refractivity contribution < 1.29 is 34.0 Å². The van der Waals surface area contributed by atoms with Crippen LogP contribution in [0, 0.1) is 0 Å². The van der Waals surface area contributed by atoms with Crippen molar-refractivity contribution >= 4 is 12.3 Å². The fourth-order valence-electron chi connectivity index (χ4n) is 2.01. The van der Waals surface area contributed by atoms with Crippen LogP contribution < -0.4 is 9.47 Å². The lowest BCUT2D eigenvalue weighted by Crippen LogP contribution is -2.23. The zero-order valence-corrected chi connectivity index (χ0v) is 12.7. The lowest BCUT2D eigenvalue weighted by atomic mass is 9.98. The van der Waals surface area contributed by atoms with Gasteiger partial charge in [0.2, 0.25) is 0 Å². The van der Waals surface area contributed by atoms with Gasteiger partial charge in [-0.1, -0.05) is 0 Å². The number of ether oxygens (including phenoxy) is 3. The molecule has 1 aromatic rings. The van der Waals surface area contributed by atoms with Crippen LogP contribution in [-0.4, -0.2) is 49.4 Å². The van der Waals surface area contributed by atoms with Gasteiger partial charge in [0, 0.05) is 11.1 Å². The van der Waals surface area contributed by atoms with Gasteiger partial charge in [0.1, 0.15) is 12.4 Å². The number of aliphatic hydroxyl groups is 2. The predicted octanol–water partition coefficient (Wildman–Crippen LogP) is 0.864. The van der Waals surface area contributed by atoms with Crippen LogP contribution in [0.5, 0.6) is 11.5 Å². The van der Waals surface area contributed by atoms with E-state index in [0.29, 0.717) is 6.29 Å². The summed E-state index contributed by atoms with van der Waals surface area (Å²) in [6.07, 6.45) is -2.64. The summed E-state index contributed by atoms with van der Waals surface area (Å²) < 4.78 is 15.0. The maximum Gasteiger partial charge on any atom is 0.308 e. The Labute approximate surface area is 128 Å². The van der Waals surface area contributed by atoms with E-state index in [4.69, 9.17) is 14.2 Å². The van der Waals surface area contributed by atoms with Gasteiger partial charge in [-0.3, -0.25) is 9.59 Å². The molecule has 2 N–H and O–H groups in total. The van der Waals surface area contributed by atoms with Crippen molar-refractivity contribution in [3.8, 4) is 11.5 Å². The molecule has 0 aliphatic carbocycles. The summed E-state index contributed by atoms with van der Waals surface area (Å²) in [7, 11) is 2.75. The molecule has 2 atom stereocenters. The highest BCUT2D eigenvalue weighted by Crippen LogP contribution is 2.37. The fourth-order valence-corrected chi connectivity index (χ4v) is 2.01.